The van der Waals surface area contributed by atoms with E-state index in [9.17, 15) is 18.3 Å². The molecule has 1 N–H and O–H groups in total. The van der Waals surface area contributed by atoms with E-state index in [4.69, 9.17) is 0 Å². The van der Waals surface area contributed by atoms with Gasteiger partial charge in [0.15, 0.2) is 0 Å². The Kier molecular flexibility index (Phi) is 4.30. The Morgan fingerprint density at radius 2 is 1.88 bits per heavy atom. The molecule has 3 aromatic rings. The predicted molar refractivity (Wildman–Crippen MR) is 79.3 cm³/mol. The molecule has 0 amide bonds. The lowest BCUT2D eigenvalue weighted by Gasteiger charge is -2.10. The Labute approximate surface area is 135 Å². The number of aryl methyl sites for hydroxylation is 1. The molecular weight excluding hydrogens is 321 g/mol. The number of halogens is 3. The molecule has 3 rings (SSSR count). The third-order valence-electron chi connectivity index (χ3n) is 3.53. The molecule has 0 bridgehead atoms. The molecule has 0 saturated heterocycles. The van der Waals surface area contributed by atoms with Gasteiger partial charge in [-0.2, -0.15) is 4.80 Å². The molecule has 8 heteroatoms. The average Bonchev–Trinajstić information content (AvgIpc) is 2.98. The molecule has 5 nitrogen and oxygen atoms in total. The Bertz CT molecular complexity index is 882. The van der Waals surface area contributed by atoms with E-state index in [2.05, 4.69) is 15.4 Å². The molecule has 2 aromatic carbocycles. The van der Waals surface area contributed by atoms with Crippen molar-refractivity contribution in [2.24, 2.45) is 0 Å². The molecule has 0 aliphatic heterocycles. The fourth-order valence-corrected chi connectivity index (χ4v) is 2.24. The fourth-order valence-electron chi connectivity index (χ4n) is 2.24. The van der Waals surface area contributed by atoms with Crippen molar-refractivity contribution < 1.29 is 18.3 Å². The van der Waals surface area contributed by atoms with Gasteiger partial charge in [-0.05, 0) is 42.0 Å². The lowest BCUT2D eigenvalue weighted by atomic mass is 10.1. The van der Waals surface area contributed by atoms with Gasteiger partial charge in [0.25, 0.3) is 0 Å². The summed E-state index contributed by atoms with van der Waals surface area (Å²) in [5.74, 6) is -1.66. The second-order valence-electron chi connectivity index (χ2n) is 5.31. The van der Waals surface area contributed by atoms with E-state index in [-0.39, 0.29) is 23.7 Å². The van der Waals surface area contributed by atoms with Crippen LogP contribution in [-0.2, 0) is 6.54 Å². The quantitative estimate of drug-likeness (QED) is 0.797. The van der Waals surface area contributed by atoms with Crippen LogP contribution in [-0.4, -0.2) is 25.3 Å². The Morgan fingerprint density at radius 3 is 2.58 bits per heavy atom. The highest BCUT2D eigenvalue weighted by atomic mass is 19.1. The Morgan fingerprint density at radius 1 is 1.08 bits per heavy atom. The van der Waals surface area contributed by atoms with Crippen LogP contribution < -0.4 is 0 Å². The van der Waals surface area contributed by atoms with Crippen LogP contribution in [0.1, 0.15) is 17.2 Å². The van der Waals surface area contributed by atoms with Crippen LogP contribution in [0.4, 0.5) is 13.2 Å². The van der Waals surface area contributed by atoms with Gasteiger partial charge in [-0.15, -0.1) is 10.2 Å². The maximum atomic E-state index is 13.7. The normalized spacial score (nSPS) is 12.4. The van der Waals surface area contributed by atoms with Crippen LogP contribution in [0, 0.1) is 24.4 Å². The summed E-state index contributed by atoms with van der Waals surface area (Å²) in [6.07, 6.45) is -1.26. The van der Waals surface area contributed by atoms with Crippen LogP contribution in [0.25, 0.3) is 11.4 Å². The van der Waals surface area contributed by atoms with Crippen molar-refractivity contribution >= 4 is 0 Å². The number of aliphatic hydroxyl groups excluding tert-OH is 1. The van der Waals surface area contributed by atoms with Crippen molar-refractivity contribution in [3.63, 3.8) is 0 Å². The van der Waals surface area contributed by atoms with Crippen molar-refractivity contribution in [1.82, 2.24) is 20.2 Å². The van der Waals surface area contributed by atoms with E-state index in [1.54, 1.807) is 13.0 Å². The summed E-state index contributed by atoms with van der Waals surface area (Å²) in [6.45, 7) is 1.46. The van der Waals surface area contributed by atoms with E-state index in [1.165, 1.54) is 12.1 Å². The zero-order valence-electron chi connectivity index (χ0n) is 12.6. The van der Waals surface area contributed by atoms with E-state index >= 15 is 0 Å². The van der Waals surface area contributed by atoms with E-state index in [1.807, 2.05) is 0 Å². The smallest absolute Gasteiger partial charge is 0.204 e. The molecule has 0 radical (unpaired) electrons. The minimum Gasteiger partial charge on any atom is -0.386 e. The van der Waals surface area contributed by atoms with Gasteiger partial charge in [0.05, 0.1) is 6.54 Å². The molecule has 24 heavy (non-hydrogen) atoms. The molecule has 0 fully saturated rings. The number of benzene rings is 2. The van der Waals surface area contributed by atoms with Gasteiger partial charge in [-0.3, -0.25) is 0 Å². The second-order valence-corrected chi connectivity index (χ2v) is 5.31. The van der Waals surface area contributed by atoms with Crippen LogP contribution in [0.3, 0.4) is 0 Å². The van der Waals surface area contributed by atoms with Gasteiger partial charge < -0.3 is 5.11 Å². The maximum absolute atomic E-state index is 13.7. The summed E-state index contributed by atoms with van der Waals surface area (Å²) in [7, 11) is 0. The maximum Gasteiger partial charge on any atom is 0.204 e. The molecule has 0 aliphatic rings. The Balaban J connectivity index is 1.79. The van der Waals surface area contributed by atoms with Crippen molar-refractivity contribution in [3.8, 4) is 11.4 Å². The lowest BCUT2D eigenvalue weighted by Crippen LogP contribution is -2.13. The third-order valence-corrected chi connectivity index (χ3v) is 3.53. The van der Waals surface area contributed by atoms with Crippen LogP contribution in [0.5, 0.6) is 0 Å². The molecule has 1 heterocycles. The minimum absolute atomic E-state index is 0.0622. The number of aromatic nitrogens is 4. The van der Waals surface area contributed by atoms with E-state index in [0.717, 1.165) is 16.9 Å². The lowest BCUT2D eigenvalue weighted by molar-refractivity contribution is 0.140. The van der Waals surface area contributed by atoms with Gasteiger partial charge in [0, 0.05) is 17.2 Å². The van der Waals surface area contributed by atoms with Crippen molar-refractivity contribution in [3.05, 3.63) is 65.0 Å². The summed E-state index contributed by atoms with van der Waals surface area (Å²) in [6, 6.07) is 7.31. The van der Waals surface area contributed by atoms with Crippen molar-refractivity contribution in [2.75, 3.05) is 0 Å². The first-order chi connectivity index (χ1) is 11.4. The molecule has 0 aliphatic carbocycles. The van der Waals surface area contributed by atoms with E-state index in [0.29, 0.717) is 17.2 Å². The Hall–Kier alpha value is -2.74. The van der Waals surface area contributed by atoms with Crippen LogP contribution >= 0.6 is 0 Å². The average molecular weight is 334 g/mol. The highest BCUT2D eigenvalue weighted by molar-refractivity contribution is 5.55. The summed E-state index contributed by atoms with van der Waals surface area (Å²) in [5, 5.41) is 21.8. The molecule has 124 valence electrons. The highest BCUT2D eigenvalue weighted by Gasteiger charge is 2.16. The van der Waals surface area contributed by atoms with Gasteiger partial charge in [-0.25, -0.2) is 13.2 Å². The SMILES string of the molecule is Cc1cc(-c2nnn(CC(O)c3ccc(F)cc3F)n2)ccc1F. The first kappa shape index (κ1) is 16.1. The fraction of sp³-hybridized carbons (Fsp3) is 0.188. The molecule has 0 spiro atoms. The van der Waals surface area contributed by atoms with Gasteiger partial charge in [0.2, 0.25) is 5.82 Å². The number of nitrogens with zero attached hydrogens (tertiary/aromatic N) is 4. The molecule has 1 atom stereocenters. The highest BCUT2D eigenvalue weighted by Crippen LogP contribution is 2.20. The predicted octanol–water partition coefficient (Wildman–Crippen LogP) is 2.80. The first-order valence-electron chi connectivity index (χ1n) is 7.11. The summed E-state index contributed by atoms with van der Waals surface area (Å²) < 4.78 is 39.8. The molecule has 1 unspecified atom stereocenters. The second kappa shape index (κ2) is 6.40. The number of hydrogen-bond donors (Lipinski definition) is 1. The minimum atomic E-state index is -1.26. The monoisotopic (exact) mass is 334 g/mol. The van der Waals surface area contributed by atoms with Crippen LogP contribution in [0.15, 0.2) is 36.4 Å². The summed E-state index contributed by atoms with van der Waals surface area (Å²) in [5.41, 5.74) is 0.952. The third kappa shape index (κ3) is 3.28. The van der Waals surface area contributed by atoms with Crippen molar-refractivity contribution in [2.45, 2.75) is 19.6 Å². The van der Waals surface area contributed by atoms with Gasteiger partial charge in [0.1, 0.15) is 23.6 Å². The number of rotatable bonds is 4. The molecular formula is C16H13F3N4O. The first-order valence-corrected chi connectivity index (χ1v) is 7.11. The number of hydrogen-bond acceptors (Lipinski definition) is 4. The molecule has 1 aromatic heterocycles. The topological polar surface area (TPSA) is 63.8 Å². The number of tetrazole rings is 1. The molecule has 0 saturated carbocycles. The zero-order chi connectivity index (χ0) is 17.3. The zero-order valence-corrected chi connectivity index (χ0v) is 12.6. The number of aliphatic hydroxyl groups is 1. The van der Waals surface area contributed by atoms with Crippen LogP contribution in [0.2, 0.25) is 0 Å². The van der Waals surface area contributed by atoms with Crippen molar-refractivity contribution in [1.29, 1.82) is 0 Å². The van der Waals surface area contributed by atoms with Gasteiger partial charge >= 0.3 is 0 Å². The van der Waals surface area contributed by atoms with E-state index < -0.39 is 17.7 Å². The van der Waals surface area contributed by atoms with Gasteiger partial charge in [-0.1, -0.05) is 6.07 Å². The summed E-state index contributed by atoms with van der Waals surface area (Å²) >= 11 is 0. The summed E-state index contributed by atoms with van der Waals surface area (Å²) in [4.78, 5) is 1.10. The largest absolute Gasteiger partial charge is 0.386 e. The standard InChI is InChI=1S/C16H13F3N4O/c1-9-6-10(2-5-13(9)18)16-20-22-23(21-16)8-15(24)12-4-3-11(17)7-14(12)19/h2-7,15,24H,8H2,1H3.